The van der Waals surface area contributed by atoms with Crippen LogP contribution in [0.5, 0.6) is 11.5 Å². The third-order valence-corrected chi connectivity index (χ3v) is 5.19. The first-order valence-corrected chi connectivity index (χ1v) is 9.47. The van der Waals surface area contributed by atoms with E-state index in [2.05, 4.69) is 6.07 Å². The Morgan fingerprint density at radius 1 is 1.18 bits per heavy atom. The summed E-state index contributed by atoms with van der Waals surface area (Å²) in [6.45, 7) is 5.78. The van der Waals surface area contributed by atoms with Crippen LogP contribution < -0.4 is 4.74 Å². The van der Waals surface area contributed by atoms with E-state index in [1.165, 1.54) is 0 Å². The number of nitrogens with zero attached hydrogens (tertiary/aromatic N) is 1. The number of nitriles is 1. The smallest absolute Gasteiger partial charge is 0.311 e. The van der Waals surface area contributed by atoms with Crippen LogP contribution in [-0.4, -0.2) is 5.97 Å². The molecule has 0 bridgehead atoms. The molecule has 0 aromatic heterocycles. The van der Waals surface area contributed by atoms with Crippen molar-refractivity contribution < 1.29 is 14.3 Å². The maximum Gasteiger partial charge on any atom is 0.311 e. The van der Waals surface area contributed by atoms with Crippen LogP contribution in [0.4, 0.5) is 0 Å². The van der Waals surface area contributed by atoms with Gasteiger partial charge >= 0.3 is 5.97 Å². The fourth-order valence-electron chi connectivity index (χ4n) is 3.41. The number of esters is 1. The number of carbonyl (C=O) groups excluding carboxylic acids is 1. The molecule has 4 nitrogen and oxygen atoms in total. The third-order valence-electron chi connectivity index (χ3n) is 5.06. The zero-order chi connectivity index (χ0) is 20.3. The summed E-state index contributed by atoms with van der Waals surface area (Å²) in [5.41, 5.74) is 0.342. The van der Waals surface area contributed by atoms with E-state index in [1.807, 2.05) is 50.3 Å². The van der Waals surface area contributed by atoms with Gasteiger partial charge < -0.3 is 9.47 Å². The Hall–Kier alpha value is -2.77. The van der Waals surface area contributed by atoms with Crippen molar-refractivity contribution in [2.45, 2.75) is 26.9 Å². The molecule has 1 fully saturated rings. The van der Waals surface area contributed by atoms with Crippen molar-refractivity contribution in [2.24, 2.45) is 17.3 Å². The number of para-hydroxylation sites is 1. The molecule has 1 aliphatic carbocycles. The van der Waals surface area contributed by atoms with Crippen LogP contribution >= 0.6 is 11.6 Å². The second-order valence-electron chi connectivity index (χ2n) is 7.51. The number of hydrogen-bond acceptors (Lipinski definition) is 4. The molecule has 1 aliphatic rings. The summed E-state index contributed by atoms with van der Waals surface area (Å²) in [5.74, 6) is 0.594. The Bertz CT molecular complexity index is 926. The molecule has 0 amide bonds. The van der Waals surface area contributed by atoms with Crippen molar-refractivity contribution in [1.29, 1.82) is 5.26 Å². The number of rotatable bonds is 6. The highest BCUT2D eigenvalue weighted by Crippen LogP contribution is 2.60. The number of ether oxygens (including phenoxy) is 2. The Morgan fingerprint density at radius 2 is 1.86 bits per heavy atom. The van der Waals surface area contributed by atoms with Gasteiger partial charge in [-0.15, -0.1) is 0 Å². The molecule has 0 saturated heterocycles. The van der Waals surface area contributed by atoms with Crippen molar-refractivity contribution in [3.8, 4) is 17.6 Å². The molecule has 1 saturated carbocycles. The molecule has 2 aromatic rings. The van der Waals surface area contributed by atoms with Gasteiger partial charge in [-0.2, -0.15) is 5.26 Å². The summed E-state index contributed by atoms with van der Waals surface area (Å²) >= 11 is 5.97. The number of allylic oxidation sites excluding steroid dienone is 2. The highest BCUT2D eigenvalue weighted by atomic mass is 35.5. The standard InChI is InChI=1S/C23H22ClNO3/c1-15(24)12-19-21(23(19,2)3)22(26)28-20(14-25)16-8-7-11-18(13-16)27-17-9-5-4-6-10-17/h4-13,19-21H,1-3H3. The van der Waals surface area contributed by atoms with Gasteiger partial charge in [0.05, 0.1) is 5.92 Å². The highest BCUT2D eigenvalue weighted by Gasteiger charge is 2.61. The van der Waals surface area contributed by atoms with Crippen LogP contribution in [0.1, 0.15) is 32.4 Å². The first kappa shape index (κ1) is 20.0. The van der Waals surface area contributed by atoms with Crippen molar-refractivity contribution in [2.75, 3.05) is 0 Å². The first-order chi connectivity index (χ1) is 13.3. The summed E-state index contributed by atoms with van der Waals surface area (Å²) in [6, 6.07) is 18.4. The number of benzene rings is 2. The molecule has 5 heteroatoms. The summed E-state index contributed by atoms with van der Waals surface area (Å²) in [5, 5.41) is 10.2. The molecule has 0 heterocycles. The van der Waals surface area contributed by atoms with Crippen LogP contribution in [0.15, 0.2) is 65.7 Å². The fourth-order valence-corrected chi connectivity index (χ4v) is 3.55. The van der Waals surface area contributed by atoms with Crippen LogP contribution in [0, 0.1) is 28.6 Å². The minimum Gasteiger partial charge on any atom is -0.457 e. The van der Waals surface area contributed by atoms with Gasteiger partial charge in [-0.05, 0) is 42.5 Å². The van der Waals surface area contributed by atoms with E-state index in [4.69, 9.17) is 21.1 Å². The van der Waals surface area contributed by atoms with Crippen LogP contribution in [-0.2, 0) is 9.53 Å². The predicted molar refractivity (Wildman–Crippen MR) is 108 cm³/mol. The quantitative estimate of drug-likeness (QED) is 0.562. The van der Waals surface area contributed by atoms with Crippen LogP contribution in [0.25, 0.3) is 0 Å². The second kappa shape index (κ2) is 8.08. The second-order valence-corrected chi connectivity index (χ2v) is 8.11. The minimum absolute atomic E-state index is 0.0181. The Kier molecular flexibility index (Phi) is 5.76. The van der Waals surface area contributed by atoms with Crippen LogP contribution in [0.3, 0.4) is 0 Å². The molecule has 0 N–H and O–H groups in total. The van der Waals surface area contributed by atoms with E-state index < -0.39 is 6.10 Å². The Morgan fingerprint density at radius 3 is 2.50 bits per heavy atom. The van der Waals surface area contributed by atoms with Gasteiger partial charge in [0, 0.05) is 10.6 Å². The summed E-state index contributed by atoms with van der Waals surface area (Å²) in [4.78, 5) is 12.7. The molecule has 144 valence electrons. The average Bonchev–Trinajstić information content (AvgIpc) is 3.20. The van der Waals surface area contributed by atoms with Gasteiger partial charge in [-0.25, -0.2) is 0 Å². The normalized spacial score (nSPS) is 21.3. The van der Waals surface area contributed by atoms with Crippen LogP contribution in [0.2, 0.25) is 0 Å². The zero-order valence-corrected chi connectivity index (χ0v) is 16.8. The topological polar surface area (TPSA) is 59.3 Å². The number of carbonyl (C=O) groups is 1. The summed E-state index contributed by atoms with van der Waals surface area (Å²) in [7, 11) is 0. The maximum absolute atomic E-state index is 12.7. The van der Waals surface area contributed by atoms with Gasteiger partial charge in [0.2, 0.25) is 6.10 Å². The van der Waals surface area contributed by atoms with Crippen molar-refractivity contribution in [3.63, 3.8) is 0 Å². The largest absolute Gasteiger partial charge is 0.457 e. The van der Waals surface area contributed by atoms with E-state index in [1.54, 1.807) is 31.2 Å². The van der Waals surface area contributed by atoms with E-state index in [-0.39, 0.29) is 23.2 Å². The number of halogens is 1. The van der Waals surface area contributed by atoms with E-state index in [0.717, 1.165) is 0 Å². The lowest BCUT2D eigenvalue weighted by Gasteiger charge is -2.13. The molecule has 28 heavy (non-hydrogen) atoms. The van der Waals surface area contributed by atoms with E-state index in [0.29, 0.717) is 22.1 Å². The Balaban J connectivity index is 1.72. The molecule has 0 radical (unpaired) electrons. The van der Waals surface area contributed by atoms with Gasteiger partial charge in [0.25, 0.3) is 0 Å². The molecular formula is C23H22ClNO3. The minimum atomic E-state index is -0.995. The zero-order valence-electron chi connectivity index (χ0n) is 16.1. The van der Waals surface area contributed by atoms with Crippen molar-refractivity contribution in [3.05, 3.63) is 71.3 Å². The first-order valence-electron chi connectivity index (χ1n) is 9.10. The van der Waals surface area contributed by atoms with Crippen molar-refractivity contribution in [1.82, 2.24) is 0 Å². The lowest BCUT2D eigenvalue weighted by Crippen LogP contribution is -2.14. The molecular weight excluding hydrogens is 374 g/mol. The van der Waals surface area contributed by atoms with Gasteiger partial charge in [0.15, 0.2) is 0 Å². The lowest BCUT2D eigenvalue weighted by atomic mass is 10.1. The van der Waals surface area contributed by atoms with Gasteiger partial charge in [-0.3, -0.25) is 4.79 Å². The van der Waals surface area contributed by atoms with Gasteiger partial charge in [0.1, 0.15) is 17.6 Å². The Labute approximate surface area is 170 Å². The van der Waals surface area contributed by atoms with Crippen molar-refractivity contribution >= 4 is 17.6 Å². The maximum atomic E-state index is 12.7. The number of hydrogen-bond donors (Lipinski definition) is 0. The summed E-state index contributed by atoms with van der Waals surface area (Å²) < 4.78 is 11.3. The fraction of sp³-hybridized carbons (Fsp3) is 0.304. The highest BCUT2D eigenvalue weighted by molar-refractivity contribution is 6.29. The van der Waals surface area contributed by atoms with E-state index in [9.17, 15) is 10.1 Å². The lowest BCUT2D eigenvalue weighted by molar-refractivity contribution is -0.149. The monoisotopic (exact) mass is 395 g/mol. The summed E-state index contributed by atoms with van der Waals surface area (Å²) in [6.07, 6.45) is 0.883. The molecule has 2 aromatic carbocycles. The molecule has 0 aliphatic heterocycles. The SMILES string of the molecule is CC(Cl)=CC1C(C(=O)OC(C#N)c2cccc(Oc3ccccc3)c2)C1(C)C. The molecule has 0 spiro atoms. The third kappa shape index (κ3) is 4.37. The molecule has 3 atom stereocenters. The molecule has 3 unspecified atom stereocenters. The van der Waals surface area contributed by atoms with E-state index >= 15 is 0 Å². The van der Waals surface area contributed by atoms with Gasteiger partial charge in [-0.1, -0.05) is 61.9 Å². The molecule has 3 rings (SSSR count). The average molecular weight is 396 g/mol. The predicted octanol–water partition coefficient (Wildman–Crippen LogP) is 6.00.